The first-order valence-electron chi connectivity index (χ1n) is 12.8. The number of carbonyl (C=O) groups is 3. The summed E-state index contributed by atoms with van der Waals surface area (Å²) in [6, 6.07) is 16.2. The number of non-ortho nitro benzene ring substituents is 1. The maximum atomic E-state index is 13.0. The lowest BCUT2D eigenvalue weighted by molar-refractivity contribution is -0.384. The number of anilines is 1. The molecule has 3 aromatic carbocycles. The molecule has 1 aliphatic heterocycles. The molecule has 1 saturated heterocycles. The number of hydrogen-bond donors (Lipinski definition) is 1. The molecule has 42 heavy (non-hydrogen) atoms. The fourth-order valence-corrected chi connectivity index (χ4v) is 5.29. The second kappa shape index (κ2) is 14.0. The van der Waals surface area contributed by atoms with Crippen LogP contribution < -0.4 is 19.5 Å². The molecule has 3 aromatic rings. The largest absolute Gasteiger partial charge is 0.494 e. The summed E-state index contributed by atoms with van der Waals surface area (Å²) in [6.45, 7) is 4.23. The minimum absolute atomic E-state index is 0.0167. The highest BCUT2D eigenvalue weighted by Crippen LogP contribution is 2.40. The maximum absolute atomic E-state index is 13.0. The number of nitrogens with one attached hydrogen (secondary N) is 1. The summed E-state index contributed by atoms with van der Waals surface area (Å²) in [4.78, 5) is 49.6. The lowest BCUT2D eigenvalue weighted by atomic mass is 10.1. The van der Waals surface area contributed by atoms with Crippen LogP contribution in [0.4, 0.5) is 16.2 Å². The third-order valence-electron chi connectivity index (χ3n) is 5.78. The number of nitro groups is 1. The molecule has 13 heteroatoms. The number of ether oxygens (including phenoxy) is 3. The van der Waals surface area contributed by atoms with Gasteiger partial charge in [-0.2, -0.15) is 0 Å². The lowest BCUT2D eigenvalue weighted by Crippen LogP contribution is -2.36. The van der Waals surface area contributed by atoms with Crippen molar-refractivity contribution in [1.82, 2.24) is 4.90 Å². The van der Waals surface area contributed by atoms with Crippen molar-refractivity contribution in [2.75, 3.05) is 25.1 Å². The van der Waals surface area contributed by atoms with Crippen molar-refractivity contribution in [1.29, 1.82) is 0 Å². The molecule has 0 atom stereocenters. The van der Waals surface area contributed by atoms with Gasteiger partial charge in [-0.15, -0.1) is 0 Å². The van der Waals surface area contributed by atoms with Gasteiger partial charge in [0.05, 0.1) is 27.5 Å². The molecule has 1 aliphatic rings. The fraction of sp³-hybridized carbons (Fsp3) is 0.207. The Balaban J connectivity index is 1.44. The highest BCUT2D eigenvalue weighted by atomic mass is 79.9. The van der Waals surface area contributed by atoms with Crippen molar-refractivity contribution < 1.29 is 33.5 Å². The molecule has 0 aliphatic carbocycles. The molecule has 1 heterocycles. The highest BCUT2D eigenvalue weighted by molar-refractivity contribution is 9.10. The van der Waals surface area contributed by atoms with Crippen LogP contribution in [0.3, 0.4) is 0 Å². The summed E-state index contributed by atoms with van der Waals surface area (Å²) in [6.07, 6.45) is 1.54. The van der Waals surface area contributed by atoms with Crippen molar-refractivity contribution in [3.05, 3.63) is 91.3 Å². The highest BCUT2D eigenvalue weighted by Gasteiger charge is 2.36. The van der Waals surface area contributed by atoms with Gasteiger partial charge in [-0.1, -0.05) is 0 Å². The van der Waals surface area contributed by atoms with Crippen molar-refractivity contribution in [2.24, 2.45) is 0 Å². The van der Waals surface area contributed by atoms with Gasteiger partial charge in [0.2, 0.25) is 5.91 Å². The first kappa shape index (κ1) is 30.6. The molecule has 4 rings (SSSR count). The molecular weight excluding hydrogens is 630 g/mol. The second-order valence-corrected chi connectivity index (χ2v) is 10.6. The predicted molar refractivity (Wildman–Crippen MR) is 162 cm³/mol. The van der Waals surface area contributed by atoms with Gasteiger partial charge in [0.1, 0.15) is 18.9 Å². The summed E-state index contributed by atoms with van der Waals surface area (Å²) >= 11 is 4.22. The number of hydrogen-bond acceptors (Lipinski definition) is 9. The number of nitrogens with zero attached hydrogens (tertiary/aromatic N) is 2. The van der Waals surface area contributed by atoms with Gasteiger partial charge in [-0.3, -0.25) is 29.4 Å². The van der Waals surface area contributed by atoms with Crippen LogP contribution in [-0.4, -0.2) is 46.6 Å². The first-order valence-corrected chi connectivity index (χ1v) is 14.4. The topological polar surface area (TPSA) is 137 Å². The molecule has 218 valence electrons. The molecule has 1 N–H and O–H groups in total. The van der Waals surface area contributed by atoms with E-state index in [1.807, 2.05) is 13.8 Å². The molecule has 11 nitrogen and oxygen atoms in total. The average molecular weight is 657 g/mol. The van der Waals surface area contributed by atoms with E-state index in [9.17, 15) is 24.5 Å². The van der Waals surface area contributed by atoms with Crippen LogP contribution in [0.15, 0.2) is 70.0 Å². The van der Waals surface area contributed by atoms with Crippen LogP contribution in [0.25, 0.3) is 6.08 Å². The Hall–Kier alpha value is -4.36. The second-order valence-electron chi connectivity index (χ2n) is 8.75. The summed E-state index contributed by atoms with van der Waals surface area (Å²) in [5, 5.41) is 13.0. The minimum atomic E-state index is -0.584. The normalized spacial score (nSPS) is 13.8. The quantitative estimate of drug-likeness (QED) is 0.133. The van der Waals surface area contributed by atoms with Gasteiger partial charge in [0.25, 0.3) is 16.8 Å². The minimum Gasteiger partial charge on any atom is -0.494 e. The molecule has 0 radical (unpaired) electrons. The Morgan fingerprint density at radius 2 is 1.71 bits per heavy atom. The zero-order chi connectivity index (χ0) is 30.2. The van der Waals surface area contributed by atoms with Crippen LogP contribution in [0.5, 0.6) is 17.2 Å². The van der Waals surface area contributed by atoms with Crippen LogP contribution in [0.2, 0.25) is 0 Å². The molecule has 3 amide bonds. The predicted octanol–water partition coefficient (Wildman–Crippen LogP) is 6.41. The van der Waals surface area contributed by atoms with Crippen LogP contribution in [0.1, 0.15) is 25.0 Å². The van der Waals surface area contributed by atoms with Gasteiger partial charge >= 0.3 is 0 Å². The first-order chi connectivity index (χ1) is 20.2. The summed E-state index contributed by atoms with van der Waals surface area (Å²) < 4.78 is 17.6. The van der Waals surface area contributed by atoms with E-state index in [4.69, 9.17) is 14.2 Å². The monoisotopic (exact) mass is 655 g/mol. The Morgan fingerprint density at radius 1 is 1.02 bits per heavy atom. The van der Waals surface area contributed by atoms with E-state index in [2.05, 4.69) is 21.2 Å². The number of imide groups is 1. The SMILES string of the molecule is CCOc1ccc(NC(=O)CN2C(=O)S/C(=C/c3cc(Br)c(OCc4ccc([N+](=O)[O-])cc4)c(OCC)c3)C2=O)cc1. The van der Waals surface area contributed by atoms with Gasteiger partial charge < -0.3 is 19.5 Å². The van der Waals surface area contributed by atoms with Crippen molar-refractivity contribution in [3.63, 3.8) is 0 Å². The van der Waals surface area contributed by atoms with Gasteiger partial charge in [-0.25, -0.2) is 0 Å². The van der Waals surface area contributed by atoms with Crippen molar-refractivity contribution in [2.45, 2.75) is 20.5 Å². The molecule has 0 aromatic heterocycles. The standard InChI is InChI=1S/C29H26BrN3O8S/c1-3-39-22-11-7-20(8-12-22)31-26(34)16-32-28(35)25(42-29(32)36)15-19-13-23(30)27(24(14-19)40-4-2)41-17-18-5-9-21(10-6-18)33(37)38/h5-15H,3-4,16-17H2,1-2H3,(H,31,34)/b25-15+. The zero-order valence-corrected chi connectivity index (χ0v) is 25.0. The smallest absolute Gasteiger partial charge is 0.294 e. The summed E-state index contributed by atoms with van der Waals surface area (Å²) in [5.74, 6) is 0.369. The van der Waals surface area contributed by atoms with E-state index in [0.29, 0.717) is 46.2 Å². The maximum Gasteiger partial charge on any atom is 0.294 e. The lowest BCUT2D eigenvalue weighted by Gasteiger charge is -2.15. The Kier molecular flexibility index (Phi) is 10.2. The third kappa shape index (κ3) is 7.68. The molecular formula is C29H26BrN3O8S. The average Bonchev–Trinajstić information content (AvgIpc) is 3.21. The van der Waals surface area contributed by atoms with Gasteiger partial charge in [0, 0.05) is 17.8 Å². The van der Waals surface area contributed by atoms with Crippen molar-refractivity contribution in [3.8, 4) is 17.2 Å². The number of amides is 3. The van der Waals surface area contributed by atoms with Crippen molar-refractivity contribution >= 4 is 62.2 Å². The Bertz CT molecular complexity index is 1530. The number of thioether (sulfide) groups is 1. The summed E-state index contributed by atoms with van der Waals surface area (Å²) in [5.41, 5.74) is 1.78. The Labute approximate surface area is 254 Å². The van der Waals surface area contributed by atoms with Crippen LogP contribution in [0, 0.1) is 10.1 Å². The number of halogens is 1. The number of carbonyl (C=O) groups excluding carboxylic acids is 3. The summed E-state index contributed by atoms with van der Waals surface area (Å²) in [7, 11) is 0. The van der Waals surface area contributed by atoms with E-state index in [0.717, 1.165) is 22.2 Å². The third-order valence-corrected chi connectivity index (χ3v) is 7.28. The Morgan fingerprint density at radius 3 is 2.36 bits per heavy atom. The van der Waals surface area contributed by atoms with Gasteiger partial charge in [0.15, 0.2) is 11.5 Å². The molecule has 0 saturated carbocycles. The molecule has 0 spiro atoms. The number of benzene rings is 3. The van der Waals surface area contributed by atoms with E-state index >= 15 is 0 Å². The van der Waals surface area contributed by atoms with Crippen LogP contribution >= 0.6 is 27.7 Å². The molecule has 0 unspecified atom stereocenters. The molecule has 1 fully saturated rings. The fourth-order valence-electron chi connectivity index (χ4n) is 3.88. The number of rotatable bonds is 12. The van der Waals surface area contributed by atoms with E-state index < -0.39 is 28.5 Å². The van der Waals surface area contributed by atoms with E-state index in [1.165, 1.54) is 12.1 Å². The van der Waals surface area contributed by atoms with E-state index in [-0.39, 0.29) is 17.2 Å². The molecule has 0 bridgehead atoms. The number of nitro benzene ring substituents is 1. The van der Waals surface area contributed by atoms with Crippen LogP contribution in [-0.2, 0) is 16.2 Å². The van der Waals surface area contributed by atoms with Gasteiger partial charge in [-0.05, 0) is 107 Å². The zero-order valence-electron chi connectivity index (χ0n) is 22.6. The van der Waals surface area contributed by atoms with E-state index in [1.54, 1.807) is 54.6 Å².